The van der Waals surface area contributed by atoms with Crippen LogP contribution in [0.2, 0.25) is 0 Å². The minimum Gasteiger partial charge on any atom is -0.481 e. The van der Waals surface area contributed by atoms with E-state index in [1.807, 2.05) is 45.3 Å². The molecule has 2 aromatic carbocycles. The molecule has 1 unspecified atom stereocenters. The number of fused-ring (bicyclic) bond motifs is 3. The predicted molar refractivity (Wildman–Crippen MR) is 130 cm³/mol. The van der Waals surface area contributed by atoms with E-state index >= 15 is 0 Å². The van der Waals surface area contributed by atoms with E-state index in [4.69, 9.17) is 9.84 Å². The fourth-order valence-corrected chi connectivity index (χ4v) is 4.31. The Balaban J connectivity index is 1.57. The maximum Gasteiger partial charge on any atom is 0.407 e. The van der Waals surface area contributed by atoms with Crippen LogP contribution in [0.4, 0.5) is 4.79 Å². The van der Waals surface area contributed by atoms with Crippen molar-refractivity contribution in [3.05, 3.63) is 59.7 Å². The van der Waals surface area contributed by atoms with E-state index in [2.05, 4.69) is 34.9 Å². The maximum absolute atomic E-state index is 12.7. The largest absolute Gasteiger partial charge is 0.481 e. The van der Waals surface area contributed by atoms with Gasteiger partial charge in [-0.2, -0.15) is 0 Å². The number of ether oxygens (including phenoxy) is 1. The molecule has 0 radical (unpaired) electrons. The van der Waals surface area contributed by atoms with Crippen LogP contribution in [0.5, 0.6) is 0 Å². The molecule has 3 N–H and O–H groups in total. The van der Waals surface area contributed by atoms with Crippen LogP contribution in [-0.4, -0.2) is 67.8 Å². The first kappa shape index (κ1) is 25.2. The second-order valence-electron chi connectivity index (χ2n) is 9.07. The molecule has 1 aliphatic rings. The Kier molecular flexibility index (Phi) is 8.65. The summed E-state index contributed by atoms with van der Waals surface area (Å²) in [4.78, 5) is 37.9. The molecule has 0 aromatic heterocycles. The molecule has 34 heavy (non-hydrogen) atoms. The Morgan fingerprint density at radius 2 is 1.62 bits per heavy atom. The first-order valence-corrected chi connectivity index (χ1v) is 11.5. The molecule has 0 spiro atoms. The summed E-state index contributed by atoms with van der Waals surface area (Å²) in [5, 5.41) is 14.3. The number of likely N-dealkylation sites (N-methyl/N-ethyl adjacent to an activating group) is 1. The number of rotatable bonds is 11. The first-order chi connectivity index (χ1) is 16.3. The van der Waals surface area contributed by atoms with Gasteiger partial charge < -0.3 is 25.4 Å². The fraction of sp³-hybridized carbons (Fsp3) is 0.423. The van der Waals surface area contributed by atoms with Crippen LogP contribution >= 0.6 is 0 Å². The quantitative estimate of drug-likeness (QED) is 0.469. The fourth-order valence-electron chi connectivity index (χ4n) is 4.31. The zero-order valence-electron chi connectivity index (χ0n) is 19.9. The van der Waals surface area contributed by atoms with Crippen molar-refractivity contribution in [2.24, 2.45) is 5.92 Å². The SMILES string of the molecule is CC(CCNC(=O)[C@H](CN(C)C)NC(=O)OCC1c2ccccc2-c2ccccc21)CC(=O)O. The summed E-state index contributed by atoms with van der Waals surface area (Å²) in [7, 11) is 3.63. The number of benzene rings is 2. The van der Waals surface area contributed by atoms with E-state index in [0.717, 1.165) is 22.3 Å². The highest BCUT2D eigenvalue weighted by molar-refractivity contribution is 5.86. The Morgan fingerprint density at radius 1 is 1.03 bits per heavy atom. The molecule has 0 aliphatic heterocycles. The Bertz CT molecular complexity index is 978. The number of nitrogens with zero attached hydrogens (tertiary/aromatic N) is 1. The lowest BCUT2D eigenvalue weighted by atomic mass is 9.98. The van der Waals surface area contributed by atoms with Gasteiger partial charge in [-0.25, -0.2) is 4.79 Å². The molecule has 2 amide bonds. The van der Waals surface area contributed by atoms with Gasteiger partial charge in [-0.15, -0.1) is 0 Å². The third-order valence-electron chi connectivity index (χ3n) is 5.96. The molecule has 8 heteroatoms. The number of carboxylic acids is 1. The van der Waals surface area contributed by atoms with Crippen LogP contribution in [-0.2, 0) is 14.3 Å². The number of amides is 2. The number of nitrogens with one attached hydrogen (secondary N) is 2. The van der Waals surface area contributed by atoms with Crippen LogP contribution in [0, 0.1) is 5.92 Å². The Morgan fingerprint density at radius 3 is 2.18 bits per heavy atom. The highest BCUT2D eigenvalue weighted by Gasteiger charge is 2.30. The molecule has 0 saturated carbocycles. The lowest BCUT2D eigenvalue weighted by molar-refractivity contribution is -0.138. The average Bonchev–Trinajstić information content (AvgIpc) is 3.10. The molecular weight excluding hydrogens is 434 g/mol. The van der Waals surface area contributed by atoms with Crippen LogP contribution in [0.1, 0.15) is 36.8 Å². The normalized spacial score (nSPS) is 14.1. The zero-order chi connectivity index (χ0) is 24.7. The summed E-state index contributed by atoms with van der Waals surface area (Å²) in [6.07, 6.45) is -0.0600. The highest BCUT2D eigenvalue weighted by atomic mass is 16.5. The minimum atomic E-state index is -0.860. The van der Waals surface area contributed by atoms with Crippen molar-refractivity contribution in [3.8, 4) is 11.1 Å². The second kappa shape index (κ2) is 11.7. The van der Waals surface area contributed by atoms with E-state index < -0.39 is 18.1 Å². The van der Waals surface area contributed by atoms with Gasteiger partial charge in [0, 0.05) is 25.4 Å². The van der Waals surface area contributed by atoms with Gasteiger partial charge >= 0.3 is 12.1 Å². The average molecular weight is 468 g/mol. The molecule has 0 fully saturated rings. The molecule has 8 nitrogen and oxygen atoms in total. The standard InChI is InChI=1S/C26H33N3O5/c1-17(14-24(30)31)12-13-27-25(32)23(15-29(2)3)28-26(33)34-16-22-20-10-6-4-8-18(20)19-9-5-7-11-21(19)22/h4-11,17,22-23H,12-16H2,1-3H3,(H,27,32)(H,28,33)(H,30,31)/t17?,23-/m0/s1. The smallest absolute Gasteiger partial charge is 0.407 e. The van der Waals surface area contributed by atoms with Gasteiger partial charge in [-0.1, -0.05) is 55.5 Å². The molecule has 2 aromatic rings. The van der Waals surface area contributed by atoms with Gasteiger partial charge in [0.1, 0.15) is 12.6 Å². The summed E-state index contributed by atoms with van der Waals surface area (Å²) < 4.78 is 5.57. The van der Waals surface area contributed by atoms with Gasteiger partial charge in [0.2, 0.25) is 5.91 Å². The van der Waals surface area contributed by atoms with Crippen LogP contribution in [0.25, 0.3) is 11.1 Å². The van der Waals surface area contributed by atoms with Crippen molar-refractivity contribution in [2.45, 2.75) is 31.7 Å². The third-order valence-corrected chi connectivity index (χ3v) is 5.96. The summed E-state index contributed by atoms with van der Waals surface area (Å²) in [6.45, 7) is 2.64. The van der Waals surface area contributed by atoms with Crippen molar-refractivity contribution in [1.29, 1.82) is 0 Å². The zero-order valence-corrected chi connectivity index (χ0v) is 19.9. The van der Waals surface area contributed by atoms with Crippen LogP contribution < -0.4 is 10.6 Å². The Labute approximate surface area is 200 Å². The summed E-state index contributed by atoms with van der Waals surface area (Å²) >= 11 is 0. The number of carboxylic acid groups (broad SMARTS) is 1. The van der Waals surface area contributed by atoms with E-state index in [1.165, 1.54) is 0 Å². The van der Waals surface area contributed by atoms with Crippen LogP contribution in [0.3, 0.4) is 0 Å². The number of carbonyl (C=O) groups excluding carboxylic acids is 2. The lowest BCUT2D eigenvalue weighted by Gasteiger charge is -2.22. The molecule has 2 atom stereocenters. The summed E-state index contributed by atoms with van der Waals surface area (Å²) in [5.74, 6) is -1.30. The third kappa shape index (κ3) is 6.57. The van der Waals surface area contributed by atoms with Crippen molar-refractivity contribution >= 4 is 18.0 Å². The first-order valence-electron chi connectivity index (χ1n) is 11.5. The molecule has 0 bridgehead atoms. The van der Waals surface area contributed by atoms with Gasteiger partial charge in [0.25, 0.3) is 0 Å². The summed E-state index contributed by atoms with van der Waals surface area (Å²) in [5.41, 5.74) is 4.53. The van der Waals surface area contributed by atoms with Gasteiger partial charge in [-0.3, -0.25) is 9.59 Å². The van der Waals surface area contributed by atoms with E-state index in [0.29, 0.717) is 19.5 Å². The monoisotopic (exact) mass is 467 g/mol. The van der Waals surface area contributed by atoms with Gasteiger partial charge in [0.05, 0.1) is 0 Å². The number of alkyl carbamates (subject to hydrolysis) is 1. The minimum absolute atomic E-state index is 0.0506. The molecule has 182 valence electrons. The lowest BCUT2D eigenvalue weighted by Crippen LogP contribution is -2.52. The maximum atomic E-state index is 12.7. The van der Waals surface area contributed by atoms with Gasteiger partial charge in [-0.05, 0) is 48.7 Å². The topological polar surface area (TPSA) is 108 Å². The Hall–Kier alpha value is -3.39. The molecule has 1 aliphatic carbocycles. The van der Waals surface area contributed by atoms with E-state index in [9.17, 15) is 14.4 Å². The summed E-state index contributed by atoms with van der Waals surface area (Å²) in [6, 6.07) is 15.4. The molecule has 3 rings (SSSR count). The number of aliphatic carboxylic acids is 1. The van der Waals surface area contributed by atoms with Crippen LogP contribution in [0.15, 0.2) is 48.5 Å². The van der Waals surface area contributed by atoms with Crippen molar-refractivity contribution < 1.29 is 24.2 Å². The molecular formula is C26H33N3O5. The van der Waals surface area contributed by atoms with E-state index in [-0.39, 0.29) is 30.8 Å². The molecule has 0 saturated heterocycles. The number of carbonyl (C=O) groups is 3. The van der Waals surface area contributed by atoms with Crippen molar-refractivity contribution in [2.75, 3.05) is 33.8 Å². The molecule has 0 heterocycles. The van der Waals surface area contributed by atoms with Gasteiger partial charge in [0.15, 0.2) is 0 Å². The predicted octanol–water partition coefficient (Wildman–Crippen LogP) is 3.07. The van der Waals surface area contributed by atoms with E-state index in [1.54, 1.807) is 4.90 Å². The van der Waals surface area contributed by atoms with Crippen molar-refractivity contribution in [3.63, 3.8) is 0 Å². The highest BCUT2D eigenvalue weighted by Crippen LogP contribution is 2.44. The second-order valence-corrected chi connectivity index (χ2v) is 9.07. The number of hydrogen-bond donors (Lipinski definition) is 3. The number of hydrogen-bond acceptors (Lipinski definition) is 5. The van der Waals surface area contributed by atoms with Crippen molar-refractivity contribution in [1.82, 2.24) is 15.5 Å².